The first kappa shape index (κ1) is 21.3. The average molecular weight is 348 g/mol. The third kappa shape index (κ3) is 8.05. The predicted molar refractivity (Wildman–Crippen MR) is 77.2 cm³/mol. The Labute approximate surface area is 136 Å². The van der Waals surface area contributed by atoms with E-state index in [2.05, 4.69) is 0 Å². The fourth-order valence-electron chi connectivity index (χ4n) is 1.57. The van der Waals surface area contributed by atoms with Crippen LogP contribution in [0.1, 0.15) is 19.3 Å². The SMILES string of the molecule is NC(=O)CC[C@H](NC(=O)[C@H](CO)NC(=O)[C@@H](N)CC(=O)O)C(=O)O. The van der Waals surface area contributed by atoms with Gasteiger partial charge in [-0.2, -0.15) is 0 Å². The highest BCUT2D eigenvalue weighted by Crippen LogP contribution is 1.99. The molecule has 0 radical (unpaired) electrons. The summed E-state index contributed by atoms with van der Waals surface area (Å²) in [6.07, 6.45) is -1.26. The molecule has 0 aromatic carbocycles. The number of carboxylic acids is 2. The summed E-state index contributed by atoms with van der Waals surface area (Å²) in [5.74, 6) is -5.57. The summed E-state index contributed by atoms with van der Waals surface area (Å²) in [7, 11) is 0. The molecule has 3 amide bonds. The van der Waals surface area contributed by atoms with Crippen molar-refractivity contribution >= 4 is 29.7 Å². The maximum Gasteiger partial charge on any atom is 0.326 e. The molecule has 0 unspecified atom stereocenters. The molecule has 0 bridgehead atoms. The number of carbonyl (C=O) groups is 5. The number of aliphatic hydroxyl groups excluding tert-OH is 1. The minimum Gasteiger partial charge on any atom is -0.481 e. The van der Waals surface area contributed by atoms with Gasteiger partial charge in [0.15, 0.2) is 0 Å². The molecule has 0 saturated carbocycles. The number of amides is 3. The van der Waals surface area contributed by atoms with Crippen LogP contribution in [0.2, 0.25) is 0 Å². The quantitative estimate of drug-likeness (QED) is 0.193. The number of nitrogens with two attached hydrogens (primary N) is 2. The number of carbonyl (C=O) groups excluding carboxylic acids is 3. The summed E-state index contributed by atoms with van der Waals surface area (Å²) in [4.78, 5) is 55.6. The van der Waals surface area contributed by atoms with Gasteiger partial charge in [0.25, 0.3) is 0 Å². The molecule has 0 aromatic rings. The lowest BCUT2D eigenvalue weighted by Crippen LogP contribution is -2.56. The third-order valence-corrected chi connectivity index (χ3v) is 2.84. The minimum atomic E-state index is -1.53. The summed E-state index contributed by atoms with van der Waals surface area (Å²) in [5, 5.41) is 30.6. The number of carboxylic acid groups (broad SMARTS) is 2. The smallest absolute Gasteiger partial charge is 0.326 e. The van der Waals surface area contributed by atoms with Gasteiger partial charge in [0.05, 0.1) is 19.1 Å². The minimum absolute atomic E-state index is 0.277. The van der Waals surface area contributed by atoms with Crippen LogP contribution in [0, 0.1) is 0 Å². The van der Waals surface area contributed by atoms with Crippen LogP contribution in [-0.4, -0.2) is 69.7 Å². The van der Waals surface area contributed by atoms with Crippen molar-refractivity contribution in [2.75, 3.05) is 6.61 Å². The molecule has 12 heteroatoms. The van der Waals surface area contributed by atoms with Gasteiger partial charge >= 0.3 is 11.9 Å². The molecule has 136 valence electrons. The molecule has 12 nitrogen and oxygen atoms in total. The van der Waals surface area contributed by atoms with Gasteiger partial charge in [0.2, 0.25) is 17.7 Å². The largest absolute Gasteiger partial charge is 0.481 e. The first-order valence-corrected chi connectivity index (χ1v) is 6.78. The summed E-state index contributed by atoms with van der Waals surface area (Å²) in [6.45, 7) is -0.875. The summed E-state index contributed by atoms with van der Waals surface area (Å²) >= 11 is 0. The number of rotatable bonds is 11. The Kier molecular flexibility index (Phi) is 8.97. The van der Waals surface area contributed by atoms with E-state index >= 15 is 0 Å². The highest BCUT2D eigenvalue weighted by Gasteiger charge is 2.28. The van der Waals surface area contributed by atoms with E-state index < -0.39 is 60.8 Å². The molecule has 0 aromatic heterocycles. The van der Waals surface area contributed by atoms with Gasteiger partial charge in [-0.3, -0.25) is 19.2 Å². The van der Waals surface area contributed by atoms with Crippen LogP contribution < -0.4 is 22.1 Å². The number of aliphatic hydroxyl groups is 1. The van der Waals surface area contributed by atoms with Crippen LogP contribution in [-0.2, 0) is 24.0 Å². The summed E-state index contributed by atoms with van der Waals surface area (Å²) in [5.41, 5.74) is 10.2. The van der Waals surface area contributed by atoms with E-state index in [-0.39, 0.29) is 12.8 Å². The van der Waals surface area contributed by atoms with Crippen LogP contribution in [0.25, 0.3) is 0 Å². The van der Waals surface area contributed by atoms with E-state index in [0.717, 1.165) is 0 Å². The molecule has 0 aliphatic carbocycles. The topological polar surface area (TPSA) is 222 Å². The molecule has 0 fully saturated rings. The third-order valence-electron chi connectivity index (χ3n) is 2.84. The van der Waals surface area contributed by atoms with Gasteiger partial charge in [-0.15, -0.1) is 0 Å². The first-order chi connectivity index (χ1) is 11.1. The van der Waals surface area contributed by atoms with Gasteiger partial charge in [-0.05, 0) is 6.42 Å². The van der Waals surface area contributed by atoms with Crippen molar-refractivity contribution in [3.63, 3.8) is 0 Å². The van der Waals surface area contributed by atoms with E-state index in [1.807, 2.05) is 10.6 Å². The second kappa shape index (κ2) is 10.1. The van der Waals surface area contributed by atoms with Gasteiger partial charge in [0.1, 0.15) is 12.1 Å². The molecular formula is C12H20N4O8. The van der Waals surface area contributed by atoms with E-state index in [1.165, 1.54) is 0 Å². The van der Waals surface area contributed by atoms with E-state index in [1.54, 1.807) is 0 Å². The summed E-state index contributed by atoms with van der Waals surface area (Å²) < 4.78 is 0. The monoisotopic (exact) mass is 348 g/mol. The van der Waals surface area contributed by atoms with Crippen molar-refractivity contribution < 1.29 is 39.3 Å². The Morgan fingerprint density at radius 2 is 1.50 bits per heavy atom. The van der Waals surface area contributed by atoms with E-state index in [0.29, 0.717) is 0 Å². The summed E-state index contributed by atoms with van der Waals surface area (Å²) in [6, 6.07) is -4.44. The molecule has 24 heavy (non-hydrogen) atoms. The molecule has 0 aliphatic rings. The fourth-order valence-corrected chi connectivity index (χ4v) is 1.57. The number of aliphatic carboxylic acids is 2. The van der Waals surface area contributed by atoms with Crippen molar-refractivity contribution in [2.24, 2.45) is 11.5 Å². The fraction of sp³-hybridized carbons (Fsp3) is 0.583. The normalized spacial score (nSPS) is 14.1. The highest BCUT2D eigenvalue weighted by atomic mass is 16.4. The molecule has 0 aliphatic heterocycles. The van der Waals surface area contributed by atoms with Crippen molar-refractivity contribution in [3.8, 4) is 0 Å². The number of primary amides is 1. The molecule has 3 atom stereocenters. The van der Waals surface area contributed by atoms with Crippen LogP contribution in [0.5, 0.6) is 0 Å². The Hall–Kier alpha value is -2.73. The zero-order chi connectivity index (χ0) is 18.9. The molecular weight excluding hydrogens is 328 g/mol. The lowest BCUT2D eigenvalue weighted by molar-refractivity contribution is -0.143. The molecule has 0 rings (SSSR count). The predicted octanol–water partition coefficient (Wildman–Crippen LogP) is -3.90. The number of hydrogen-bond donors (Lipinski definition) is 7. The van der Waals surface area contributed by atoms with Crippen LogP contribution in [0.15, 0.2) is 0 Å². The molecule has 0 heterocycles. The molecule has 9 N–H and O–H groups in total. The van der Waals surface area contributed by atoms with Crippen molar-refractivity contribution in [1.82, 2.24) is 10.6 Å². The Bertz CT molecular complexity index is 509. The van der Waals surface area contributed by atoms with Gasteiger partial charge < -0.3 is 37.4 Å². The van der Waals surface area contributed by atoms with Crippen molar-refractivity contribution in [3.05, 3.63) is 0 Å². The standard InChI is InChI=1S/C12H20N4O8/c13-5(3-9(19)20)10(21)16-7(4-17)11(22)15-6(12(23)24)1-2-8(14)18/h5-7,17H,1-4,13H2,(H2,14,18)(H,15,22)(H,16,21)(H,19,20)(H,23,24)/t5-,6-,7-/m0/s1. The van der Waals surface area contributed by atoms with Crippen molar-refractivity contribution in [2.45, 2.75) is 37.4 Å². The van der Waals surface area contributed by atoms with Crippen molar-refractivity contribution in [1.29, 1.82) is 0 Å². The van der Waals surface area contributed by atoms with E-state index in [4.69, 9.17) is 26.8 Å². The number of hydrogen-bond acceptors (Lipinski definition) is 7. The second-order valence-electron chi connectivity index (χ2n) is 4.85. The zero-order valence-electron chi connectivity index (χ0n) is 12.6. The maximum absolute atomic E-state index is 11.9. The highest BCUT2D eigenvalue weighted by molar-refractivity contribution is 5.93. The first-order valence-electron chi connectivity index (χ1n) is 6.78. The lowest BCUT2D eigenvalue weighted by atomic mass is 10.1. The lowest BCUT2D eigenvalue weighted by Gasteiger charge is -2.21. The molecule has 0 spiro atoms. The number of nitrogens with one attached hydrogen (secondary N) is 2. The second-order valence-corrected chi connectivity index (χ2v) is 4.85. The molecule has 0 saturated heterocycles. The Morgan fingerprint density at radius 1 is 0.958 bits per heavy atom. The van der Waals surface area contributed by atoms with Crippen LogP contribution in [0.3, 0.4) is 0 Å². The van der Waals surface area contributed by atoms with Gasteiger partial charge in [-0.1, -0.05) is 0 Å². The maximum atomic E-state index is 11.9. The van der Waals surface area contributed by atoms with Gasteiger partial charge in [0, 0.05) is 6.42 Å². The average Bonchev–Trinajstić information content (AvgIpc) is 2.47. The Morgan fingerprint density at radius 3 is 1.92 bits per heavy atom. The zero-order valence-corrected chi connectivity index (χ0v) is 12.6. The van der Waals surface area contributed by atoms with Crippen LogP contribution >= 0.6 is 0 Å². The van der Waals surface area contributed by atoms with Crippen LogP contribution in [0.4, 0.5) is 0 Å². The van der Waals surface area contributed by atoms with Gasteiger partial charge in [-0.25, -0.2) is 4.79 Å². The Balaban J connectivity index is 4.76. The van der Waals surface area contributed by atoms with E-state index in [9.17, 15) is 24.0 Å².